The highest BCUT2D eigenvalue weighted by Crippen LogP contribution is 2.28. The van der Waals surface area contributed by atoms with Gasteiger partial charge >= 0.3 is 0 Å². The maximum Gasteiger partial charge on any atom is 0.123 e. The Kier molecular flexibility index (Phi) is 4.26. The van der Waals surface area contributed by atoms with Crippen molar-refractivity contribution in [1.82, 2.24) is 0 Å². The fourth-order valence-electron chi connectivity index (χ4n) is 1.51. The normalized spacial score (nSPS) is 11.6. The van der Waals surface area contributed by atoms with Gasteiger partial charge in [-0.15, -0.1) is 0 Å². The molecule has 0 spiro atoms. The first-order valence-corrected chi connectivity index (χ1v) is 5.09. The average molecular weight is 228 g/mol. The van der Waals surface area contributed by atoms with Crippen LogP contribution in [0, 0.1) is 11.2 Å². The Morgan fingerprint density at radius 3 is 2.44 bits per heavy atom. The lowest BCUT2D eigenvalue weighted by Crippen LogP contribution is -2.28. The first kappa shape index (κ1) is 12.9. The van der Waals surface area contributed by atoms with Crippen LogP contribution in [0.3, 0.4) is 0 Å². The Bertz CT molecular complexity index is 348. The van der Waals surface area contributed by atoms with E-state index in [1.807, 2.05) is 0 Å². The molecule has 1 aromatic rings. The van der Waals surface area contributed by atoms with Gasteiger partial charge in [0.25, 0.3) is 0 Å². The molecule has 0 unspecified atom stereocenters. The summed E-state index contributed by atoms with van der Waals surface area (Å²) in [6, 6.07) is 4.22. The van der Waals surface area contributed by atoms with Crippen molar-refractivity contribution in [2.24, 2.45) is 5.41 Å². The molecule has 0 heterocycles. The quantitative estimate of drug-likeness (QED) is 0.800. The third kappa shape index (κ3) is 2.93. The van der Waals surface area contributed by atoms with Gasteiger partial charge in [0.1, 0.15) is 11.6 Å². The third-order valence-corrected chi connectivity index (χ3v) is 2.62. The molecule has 1 rings (SSSR count). The van der Waals surface area contributed by atoms with E-state index >= 15 is 0 Å². The van der Waals surface area contributed by atoms with Gasteiger partial charge in [-0.3, -0.25) is 0 Å². The van der Waals surface area contributed by atoms with Gasteiger partial charge in [0.15, 0.2) is 0 Å². The summed E-state index contributed by atoms with van der Waals surface area (Å²) in [5.74, 6) is 0.212. The average Bonchev–Trinajstić information content (AvgIpc) is 2.29. The van der Waals surface area contributed by atoms with E-state index in [0.29, 0.717) is 17.7 Å². The Morgan fingerprint density at radius 2 is 1.94 bits per heavy atom. The molecule has 1 aromatic carbocycles. The number of methoxy groups -OCH3 is 1. The van der Waals surface area contributed by atoms with Crippen LogP contribution < -0.4 is 4.74 Å². The predicted octanol–water partition coefficient (Wildman–Crippen LogP) is 1.37. The first-order chi connectivity index (χ1) is 7.54. The largest absolute Gasteiger partial charge is 0.496 e. The minimum Gasteiger partial charge on any atom is -0.496 e. The van der Waals surface area contributed by atoms with Gasteiger partial charge in [-0.05, 0) is 30.2 Å². The molecule has 0 aliphatic heterocycles. The van der Waals surface area contributed by atoms with E-state index in [1.54, 1.807) is 13.0 Å². The van der Waals surface area contributed by atoms with Crippen molar-refractivity contribution in [2.75, 3.05) is 20.3 Å². The number of hydrogen-bond acceptors (Lipinski definition) is 3. The summed E-state index contributed by atoms with van der Waals surface area (Å²) in [5, 5.41) is 18.4. The molecule has 0 atom stereocenters. The second kappa shape index (κ2) is 5.27. The molecule has 16 heavy (non-hydrogen) atoms. The summed E-state index contributed by atoms with van der Waals surface area (Å²) in [7, 11) is 1.51. The lowest BCUT2D eigenvalue weighted by atomic mass is 9.85. The number of halogens is 1. The number of aliphatic hydroxyl groups excluding tert-OH is 2. The zero-order valence-electron chi connectivity index (χ0n) is 9.53. The van der Waals surface area contributed by atoms with Crippen LogP contribution in [0.4, 0.5) is 4.39 Å². The lowest BCUT2D eigenvalue weighted by Gasteiger charge is -2.25. The summed E-state index contributed by atoms with van der Waals surface area (Å²) in [6.45, 7) is 1.41. The molecular weight excluding hydrogens is 211 g/mol. The molecule has 0 amide bonds. The zero-order chi connectivity index (χ0) is 12.2. The molecular formula is C12H17FO3. The molecule has 0 aliphatic rings. The van der Waals surface area contributed by atoms with Gasteiger partial charge in [-0.25, -0.2) is 4.39 Å². The summed E-state index contributed by atoms with van der Waals surface area (Å²) in [6.07, 6.45) is 0.362. The molecule has 0 aliphatic carbocycles. The summed E-state index contributed by atoms with van der Waals surface area (Å²) in [5.41, 5.74) is -0.0192. The Labute approximate surface area is 94.5 Å². The fraction of sp³-hybridized carbons (Fsp3) is 0.500. The standard InChI is InChI=1S/C12H17FO3/c1-12(7-14,8-15)6-9-5-10(13)3-4-11(9)16-2/h3-5,14-15H,6-8H2,1-2H3. The molecule has 0 saturated carbocycles. The SMILES string of the molecule is COc1ccc(F)cc1CC(C)(CO)CO. The maximum atomic E-state index is 13.1. The number of rotatable bonds is 5. The van der Waals surface area contributed by atoms with Crippen molar-refractivity contribution in [1.29, 1.82) is 0 Å². The summed E-state index contributed by atoms with van der Waals surface area (Å²) >= 11 is 0. The molecule has 90 valence electrons. The first-order valence-electron chi connectivity index (χ1n) is 5.09. The molecule has 0 bridgehead atoms. The van der Waals surface area contributed by atoms with E-state index < -0.39 is 5.41 Å². The van der Waals surface area contributed by atoms with Crippen LogP contribution in [-0.4, -0.2) is 30.5 Å². The van der Waals surface area contributed by atoms with Crippen LogP contribution in [0.25, 0.3) is 0 Å². The second-order valence-electron chi connectivity index (χ2n) is 4.26. The minimum atomic E-state index is -0.666. The van der Waals surface area contributed by atoms with Crippen LogP contribution in [0.2, 0.25) is 0 Å². The van der Waals surface area contributed by atoms with Crippen LogP contribution >= 0.6 is 0 Å². The van der Waals surface area contributed by atoms with Gasteiger partial charge in [0.05, 0.1) is 20.3 Å². The van der Waals surface area contributed by atoms with Gasteiger partial charge in [-0.1, -0.05) is 6.92 Å². The van der Waals surface area contributed by atoms with E-state index in [1.165, 1.54) is 19.2 Å². The molecule has 3 nitrogen and oxygen atoms in total. The molecule has 0 saturated heterocycles. The van der Waals surface area contributed by atoms with Gasteiger partial charge in [-0.2, -0.15) is 0 Å². The highest BCUT2D eigenvalue weighted by molar-refractivity contribution is 5.34. The molecule has 0 fully saturated rings. The van der Waals surface area contributed by atoms with Gasteiger partial charge in [0, 0.05) is 5.41 Å². The number of ether oxygens (including phenoxy) is 1. The zero-order valence-corrected chi connectivity index (χ0v) is 9.53. The third-order valence-electron chi connectivity index (χ3n) is 2.62. The van der Waals surface area contributed by atoms with Crippen molar-refractivity contribution < 1.29 is 19.3 Å². The Balaban J connectivity index is 2.98. The highest BCUT2D eigenvalue weighted by atomic mass is 19.1. The van der Waals surface area contributed by atoms with E-state index in [4.69, 9.17) is 4.74 Å². The lowest BCUT2D eigenvalue weighted by molar-refractivity contribution is 0.0698. The minimum absolute atomic E-state index is 0.164. The van der Waals surface area contributed by atoms with Crippen LogP contribution in [0.5, 0.6) is 5.75 Å². The topological polar surface area (TPSA) is 49.7 Å². The molecule has 2 N–H and O–H groups in total. The number of aliphatic hydroxyl groups is 2. The second-order valence-corrected chi connectivity index (χ2v) is 4.26. The smallest absolute Gasteiger partial charge is 0.123 e. The fourth-order valence-corrected chi connectivity index (χ4v) is 1.51. The van der Waals surface area contributed by atoms with Crippen LogP contribution in [0.15, 0.2) is 18.2 Å². The summed E-state index contributed by atoms with van der Waals surface area (Å²) in [4.78, 5) is 0. The maximum absolute atomic E-state index is 13.1. The Hall–Kier alpha value is -1.13. The molecule has 0 aromatic heterocycles. The van der Waals surface area contributed by atoms with Crippen molar-refractivity contribution in [2.45, 2.75) is 13.3 Å². The van der Waals surface area contributed by atoms with Crippen molar-refractivity contribution in [3.8, 4) is 5.75 Å². The van der Waals surface area contributed by atoms with E-state index in [2.05, 4.69) is 0 Å². The van der Waals surface area contributed by atoms with Crippen LogP contribution in [0.1, 0.15) is 12.5 Å². The van der Waals surface area contributed by atoms with Crippen molar-refractivity contribution in [3.05, 3.63) is 29.6 Å². The number of hydrogen-bond donors (Lipinski definition) is 2. The molecule has 4 heteroatoms. The van der Waals surface area contributed by atoms with E-state index in [0.717, 1.165) is 0 Å². The molecule has 0 radical (unpaired) electrons. The highest BCUT2D eigenvalue weighted by Gasteiger charge is 2.24. The van der Waals surface area contributed by atoms with Crippen LogP contribution in [-0.2, 0) is 6.42 Å². The van der Waals surface area contributed by atoms with Gasteiger partial charge < -0.3 is 14.9 Å². The van der Waals surface area contributed by atoms with E-state index in [-0.39, 0.29) is 19.0 Å². The van der Waals surface area contributed by atoms with Gasteiger partial charge in [0.2, 0.25) is 0 Å². The number of benzene rings is 1. The predicted molar refractivity (Wildman–Crippen MR) is 58.9 cm³/mol. The summed E-state index contributed by atoms with van der Waals surface area (Å²) < 4.78 is 18.2. The monoisotopic (exact) mass is 228 g/mol. The van der Waals surface area contributed by atoms with Crippen molar-refractivity contribution >= 4 is 0 Å². The van der Waals surface area contributed by atoms with Crippen molar-refractivity contribution in [3.63, 3.8) is 0 Å². The Morgan fingerprint density at radius 1 is 1.31 bits per heavy atom. The van der Waals surface area contributed by atoms with E-state index in [9.17, 15) is 14.6 Å².